The van der Waals surface area contributed by atoms with Crippen LogP contribution in [0.4, 0.5) is 5.69 Å². The molecule has 1 heterocycles. The summed E-state index contributed by atoms with van der Waals surface area (Å²) in [5, 5.41) is 8.83. The van der Waals surface area contributed by atoms with Gasteiger partial charge in [-0.1, -0.05) is 30.3 Å². The zero-order chi connectivity index (χ0) is 15.4. The van der Waals surface area contributed by atoms with E-state index in [1.54, 1.807) is 13.0 Å². The third-order valence-electron chi connectivity index (χ3n) is 3.45. The highest BCUT2D eigenvalue weighted by molar-refractivity contribution is 5.67. The Morgan fingerprint density at radius 1 is 1.24 bits per heavy atom. The van der Waals surface area contributed by atoms with Gasteiger partial charge in [0, 0.05) is 5.69 Å². The van der Waals surface area contributed by atoms with Gasteiger partial charge in [-0.25, -0.2) is 0 Å². The Kier molecular flexibility index (Phi) is 4.42. The summed E-state index contributed by atoms with van der Waals surface area (Å²) < 4.78 is 1.18. The van der Waals surface area contributed by atoms with Gasteiger partial charge in [-0.05, 0) is 37.0 Å². The average molecular weight is 286 g/mol. The van der Waals surface area contributed by atoms with E-state index in [1.165, 1.54) is 10.1 Å². The Labute approximate surface area is 122 Å². The summed E-state index contributed by atoms with van der Waals surface area (Å²) in [6.45, 7) is 1.35. The fraction of sp³-hybridized carbons (Fsp3) is 0.250. The monoisotopic (exact) mass is 286 g/mol. The third-order valence-corrected chi connectivity index (χ3v) is 3.45. The number of nitrogens with two attached hydrogens (primary N) is 1. The van der Waals surface area contributed by atoms with Gasteiger partial charge in [0.05, 0.1) is 0 Å². The number of anilines is 1. The van der Waals surface area contributed by atoms with Crippen LogP contribution >= 0.6 is 0 Å². The number of nitrogen functional groups attached to an aromatic ring is 1. The molecule has 21 heavy (non-hydrogen) atoms. The molecule has 0 aliphatic carbocycles. The van der Waals surface area contributed by atoms with E-state index >= 15 is 0 Å². The summed E-state index contributed by atoms with van der Waals surface area (Å²) >= 11 is 0. The van der Waals surface area contributed by atoms with Gasteiger partial charge in [-0.15, -0.1) is 0 Å². The summed E-state index contributed by atoms with van der Waals surface area (Å²) in [5.74, 6) is -1.06. The normalized spacial score (nSPS) is 10.5. The van der Waals surface area contributed by atoms with Crippen LogP contribution in [0.5, 0.6) is 0 Å². The smallest absolute Gasteiger partial charge is 0.323 e. The van der Waals surface area contributed by atoms with Gasteiger partial charge in [0.1, 0.15) is 12.2 Å². The lowest BCUT2D eigenvalue weighted by Gasteiger charge is -2.12. The molecule has 0 unspecified atom stereocenters. The number of hydrogen-bond acceptors (Lipinski definition) is 3. The van der Waals surface area contributed by atoms with Gasteiger partial charge in [0.15, 0.2) is 0 Å². The van der Waals surface area contributed by atoms with E-state index in [9.17, 15) is 9.59 Å². The topological polar surface area (TPSA) is 85.3 Å². The zero-order valence-electron chi connectivity index (χ0n) is 11.9. The largest absolute Gasteiger partial charge is 0.480 e. The number of pyridine rings is 1. The second-order valence-electron chi connectivity index (χ2n) is 5.00. The van der Waals surface area contributed by atoms with Gasteiger partial charge in [0.25, 0.3) is 5.56 Å². The first-order chi connectivity index (χ1) is 9.99. The molecule has 2 aromatic rings. The molecule has 5 nitrogen and oxygen atoms in total. The van der Waals surface area contributed by atoms with Crippen molar-refractivity contribution in [3.05, 3.63) is 63.6 Å². The van der Waals surface area contributed by atoms with E-state index in [4.69, 9.17) is 10.8 Å². The Bertz CT molecular complexity index is 705. The molecule has 0 amide bonds. The molecule has 2 rings (SSSR count). The molecule has 0 atom stereocenters. The molecular weight excluding hydrogens is 268 g/mol. The number of aryl methyl sites for hydroxylation is 3. The number of aliphatic carboxylic acids is 1. The first-order valence-electron chi connectivity index (χ1n) is 6.73. The fourth-order valence-electron chi connectivity index (χ4n) is 2.31. The second kappa shape index (κ2) is 6.26. The molecule has 0 radical (unpaired) electrons. The number of carbonyl (C=O) groups is 1. The number of benzene rings is 1. The lowest BCUT2D eigenvalue weighted by atomic mass is 10.0. The molecule has 3 N–H and O–H groups in total. The Morgan fingerprint density at radius 3 is 2.52 bits per heavy atom. The third kappa shape index (κ3) is 3.51. The Hall–Kier alpha value is -2.56. The lowest BCUT2D eigenvalue weighted by molar-refractivity contribution is -0.137. The van der Waals surface area contributed by atoms with Crippen LogP contribution in [-0.2, 0) is 24.2 Å². The number of rotatable bonds is 5. The minimum Gasteiger partial charge on any atom is -0.480 e. The van der Waals surface area contributed by atoms with Crippen molar-refractivity contribution in [1.29, 1.82) is 0 Å². The molecule has 1 aromatic heterocycles. The molecule has 1 aromatic carbocycles. The highest BCUT2D eigenvalue weighted by Crippen LogP contribution is 2.13. The first kappa shape index (κ1) is 14.8. The van der Waals surface area contributed by atoms with Crippen molar-refractivity contribution in [2.75, 3.05) is 5.73 Å². The van der Waals surface area contributed by atoms with Crippen LogP contribution < -0.4 is 11.3 Å². The van der Waals surface area contributed by atoms with Crippen molar-refractivity contribution >= 4 is 11.7 Å². The van der Waals surface area contributed by atoms with Crippen molar-refractivity contribution < 1.29 is 9.90 Å². The Morgan fingerprint density at radius 2 is 1.90 bits per heavy atom. The maximum absolute atomic E-state index is 12.1. The molecule has 0 aliphatic rings. The van der Waals surface area contributed by atoms with Crippen molar-refractivity contribution in [3.8, 4) is 0 Å². The van der Waals surface area contributed by atoms with Gasteiger partial charge in [0.2, 0.25) is 0 Å². The number of aromatic nitrogens is 1. The molecule has 0 bridgehead atoms. The maximum Gasteiger partial charge on any atom is 0.323 e. The summed E-state index contributed by atoms with van der Waals surface area (Å²) in [5.41, 5.74) is 8.12. The predicted molar refractivity (Wildman–Crippen MR) is 81.3 cm³/mol. The SMILES string of the molecule is Cc1cc(CCc2ccccc2)c(N)c(=O)n1CC(=O)O. The number of carboxylic acid groups (broad SMARTS) is 1. The highest BCUT2D eigenvalue weighted by Gasteiger charge is 2.12. The zero-order valence-corrected chi connectivity index (χ0v) is 11.9. The minimum absolute atomic E-state index is 0.137. The van der Waals surface area contributed by atoms with E-state index in [-0.39, 0.29) is 12.2 Å². The van der Waals surface area contributed by atoms with E-state index in [1.807, 2.05) is 30.3 Å². The highest BCUT2D eigenvalue weighted by atomic mass is 16.4. The minimum atomic E-state index is -1.06. The van der Waals surface area contributed by atoms with Gasteiger partial charge in [-0.3, -0.25) is 14.2 Å². The molecule has 110 valence electrons. The van der Waals surface area contributed by atoms with Crippen LogP contribution in [0.2, 0.25) is 0 Å². The average Bonchev–Trinajstić information content (AvgIpc) is 2.47. The summed E-state index contributed by atoms with van der Waals surface area (Å²) in [6.07, 6.45) is 1.44. The summed E-state index contributed by atoms with van der Waals surface area (Å²) in [6, 6.07) is 11.7. The van der Waals surface area contributed by atoms with E-state index in [2.05, 4.69) is 0 Å². The lowest BCUT2D eigenvalue weighted by Crippen LogP contribution is -2.29. The maximum atomic E-state index is 12.1. The van der Waals surface area contributed by atoms with Crippen LogP contribution in [0.3, 0.4) is 0 Å². The fourth-order valence-corrected chi connectivity index (χ4v) is 2.31. The summed E-state index contributed by atoms with van der Waals surface area (Å²) in [4.78, 5) is 22.9. The molecule has 0 saturated heterocycles. The van der Waals surface area contributed by atoms with Crippen LogP contribution in [-0.4, -0.2) is 15.6 Å². The van der Waals surface area contributed by atoms with E-state index < -0.39 is 11.5 Å². The molecule has 0 aliphatic heterocycles. The van der Waals surface area contributed by atoms with Crippen LogP contribution in [0.1, 0.15) is 16.8 Å². The first-order valence-corrected chi connectivity index (χ1v) is 6.73. The van der Waals surface area contributed by atoms with E-state index in [0.29, 0.717) is 12.1 Å². The van der Waals surface area contributed by atoms with Crippen molar-refractivity contribution in [3.63, 3.8) is 0 Å². The van der Waals surface area contributed by atoms with Crippen molar-refractivity contribution in [1.82, 2.24) is 4.57 Å². The van der Waals surface area contributed by atoms with Gasteiger partial charge < -0.3 is 10.8 Å². The van der Waals surface area contributed by atoms with Gasteiger partial charge >= 0.3 is 5.97 Å². The standard InChI is InChI=1S/C16H18N2O3/c1-11-9-13(8-7-12-5-3-2-4-6-12)15(17)16(21)18(11)10-14(19)20/h2-6,9H,7-8,10,17H2,1H3,(H,19,20). The molecule has 0 fully saturated rings. The Balaban J connectivity index is 2.25. The number of carboxylic acids is 1. The number of hydrogen-bond donors (Lipinski definition) is 2. The van der Waals surface area contributed by atoms with E-state index in [0.717, 1.165) is 12.0 Å². The molecule has 5 heteroatoms. The predicted octanol–water partition coefficient (Wildman–Crippen LogP) is 1.61. The number of nitrogens with zero attached hydrogens (tertiary/aromatic N) is 1. The molecular formula is C16H18N2O3. The van der Waals surface area contributed by atoms with Crippen LogP contribution in [0.25, 0.3) is 0 Å². The second-order valence-corrected chi connectivity index (χ2v) is 5.00. The quantitative estimate of drug-likeness (QED) is 0.874. The van der Waals surface area contributed by atoms with Crippen LogP contribution in [0, 0.1) is 6.92 Å². The molecule has 0 spiro atoms. The van der Waals surface area contributed by atoms with Gasteiger partial charge in [-0.2, -0.15) is 0 Å². The molecule has 0 saturated carbocycles. The van der Waals surface area contributed by atoms with Crippen molar-refractivity contribution in [2.45, 2.75) is 26.3 Å². The summed E-state index contributed by atoms with van der Waals surface area (Å²) in [7, 11) is 0. The van der Waals surface area contributed by atoms with Crippen LogP contribution in [0.15, 0.2) is 41.2 Å². The van der Waals surface area contributed by atoms with Crippen molar-refractivity contribution in [2.24, 2.45) is 0 Å².